The van der Waals surface area contributed by atoms with Gasteiger partial charge >= 0.3 is 5.97 Å². The number of carbonyl (C=O) groups is 2. The van der Waals surface area contributed by atoms with E-state index in [1.807, 2.05) is 12.3 Å². The van der Waals surface area contributed by atoms with Gasteiger partial charge in [0, 0.05) is 28.4 Å². The molecule has 4 aromatic rings. The van der Waals surface area contributed by atoms with Gasteiger partial charge in [0.1, 0.15) is 12.4 Å². The van der Waals surface area contributed by atoms with Gasteiger partial charge in [-0.2, -0.15) is 0 Å². The van der Waals surface area contributed by atoms with Crippen LogP contribution in [-0.2, 0) is 11.3 Å². The molecular formula is C22H16FN3O4S. The molecule has 0 unspecified atom stereocenters. The molecule has 31 heavy (non-hydrogen) atoms. The van der Waals surface area contributed by atoms with Gasteiger partial charge in [-0.25, -0.2) is 14.2 Å². The van der Waals surface area contributed by atoms with Gasteiger partial charge in [0.15, 0.2) is 4.96 Å². The molecule has 2 aromatic carbocycles. The van der Waals surface area contributed by atoms with Crippen molar-refractivity contribution in [1.29, 1.82) is 0 Å². The Morgan fingerprint density at radius 2 is 1.90 bits per heavy atom. The van der Waals surface area contributed by atoms with E-state index in [9.17, 15) is 18.8 Å². The zero-order chi connectivity index (χ0) is 22.0. The molecule has 2 heterocycles. The van der Waals surface area contributed by atoms with Crippen LogP contribution < -0.4 is 10.9 Å². The van der Waals surface area contributed by atoms with Crippen LogP contribution in [0, 0.1) is 12.7 Å². The van der Waals surface area contributed by atoms with E-state index < -0.39 is 17.7 Å². The summed E-state index contributed by atoms with van der Waals surface area (Å²) in [4.78, 5) is 41.8. The molecule has 0 saturated heterocycles. The summed E-state index contributed by atoms with van der Waals surface area (Å²) >= 11 is 1.33. The Kier molecular flexibility index (Phi) is 5.59. The topological polar surface area (TPSA) is 89.8 Å². The van der Waals surface area contributed by atoms with Crippen molar-refractivity contribution in [2.75, 3.05) is 5.32 Å². The van der Waals surface area contributed by atoms with Crippen LogP contribution in [0.1, 0.15) is 32.1 Å². The molecule has 0 aliphatic carbocycles. The minimum atomic E-state index is -0.633. The molecule has 7 nitrogen and oxygen atoms in total. The van der Waals surface area contributed by atoms with E-state index in [1.165, 1.54) is 52.1 Å². The highest BCUT2D eigenvalue weighted by Crippen LogP contribution is 2.15. The normalized spacial score (nSPS) is 10.8. The average molecular weight is 437 g/mol. The van der Waals surface area contributed by atoms with Crippen molar-refractivity contribution < 1.29 is 18.7 Å². The SMILES string of the molecule is Cc1csc2nc(COC(=O)c3cccc(NC(=O)c4cccc(F)c4)c3)cc(=O)n12. The summed E-state index contributed by atoms with van der Waals surface area (Å²) in [5.41, 5.74) is 1.62. The molecule has 9 heteroatoms. The average Bonchev–Trinajstić information content (AvgIpc) is 3.13. The molecule has 0 aliphatic heterocycles. The van der Waals surface area contributed by atoms with Crippen molar-refractivity contribution >= 4 is 33.9 Å². The van der Waals surface area contributed by atoms with Gasteiger partial charge in [-0.1, -0.05) is 12.1 Å². The molecule has 4 rings (SSSR count). The largest absolute Gasteiger partial charge is 0.456 e. The number of ether oxygens (including phenoxy) is 1. The summed E-state index contributed by atoms with van der Waals surface area (Å²) in [7, 11) is 0. The number of fused-ring (bicyclic) bond motifs is 1. The maximum Gasteiger partial charge on any atom is 0.338 e. The lowest BCUT2D eigenvalue weighted by Crippen LogP contribution is -2.16. The van der Waals surface area contributed by atoms with Crippen molar-refractivity contribution in [2.24, 2.45) is 0 Å². The molecule has 0 saturated carbocycles. The van der Waals surface area contributed by atoms with Gasteiger partial charge in [0.05, 0.1) is 11.3 Å². The Balaban J connectivity index is 1.45. The lowest BCUT2D eigenvalue weighted by atomic mass is 10.1. The highest BCUT2D eigenvalue weighted by molar-refractivity contribution is 7.15. The van der Waals surface area contributed by atoms with Gasteiger partial charge < -0.3 is 10.1 Å². The number of aryl methyl sites for hydroxylation is 1. The number of carbonyl (C=O) groups excluding carboxylic acids is 2. The summed E-state index contributed by atoms with van der Waals surface area (Å²) < 4.78 is 20.1. The van der Waals surface area contributed by atoms with Crippen molar-refractivity contribution in [3.05, 3.63) is 98.7 Å². The number of amides is 1. The molecule has 0 fully saturated rings. The summed E-state index contributed by atoms with van der Waals surface area (Å²) in [6.07, 6.45) is 0. The Morgan fingerprint density at radius 1 is 1.13 bits per heavy atom. The van der Waals surface area contributed by atoms with Crippen LogP contribution >= 0.6 is 11.3 Å². The van der Waals surface area contributed by atoms with Crippen LogP contribution in [0.3, 0.4) is 0 Å². The van der Waals surface area contributed by atoms with Gasteiger partial charge in [-0.05, 0) is 43.3 Å². The molecule has 0 atom stereocenters. The second kappa shape index (κ2) is 8.49. The molecule has 0 aliphatic rings. The lowest BCUT2D eigenvalue weighted by molar-refractivity contribution is 0.0467. The highest BCUT2D eigenvalue weighted by Gasteiger charge is 2.13. The zero-order valence-electron chi connectivity index (χ0n) is 16.3. The van der Waals surface area contributed by atoms with Crippen molar-refractivity contribution in [3.63, 3.8) is 0 Å². The summed E-state index contributed by atoms with van der Waals surface area (Å²) in [6.45, 7) is 1.65. The number of hydrogen-bond donors (Lipinski definition) is 1. The molecule has 0 radical (unpaired) electrons. The maximum absolute atomic E-state index is 13.3. The third-order valence-corrected chi connectivity index (χ3v) is 5.37. The second-order valence-electron chi connectivity index (χ2n) is 6.70. The van der Waals surface area contributed by atoms with E-state index in [0.717, 1.165) is 11.8 Å². The number of aromatic nitrogens is 2. The number of thiazole rings is 1. The van der Waals surface area contributed by atoms with Crippen LogP contribution in [0.25, 0.3) is 4.96 Å². The van der Waals surface area contributed by atoms with Gasteiger partial charge in [0.2, 0.25) is 0 Å². The quantitative estimate of drug-likeness (QED) is 0.480. The Bertz CT molecular complexity index is 1360. The first-order valence-electron chi connectivity index (χ1n) is 9.21. The van der Waals surface area contributed by atoms with Crippen molar-refractivity contribution in [2.45, 2.75) is 13.5 Å². The maximum atomic E-state index is 13.3. The first-order chi connectivity index (χ1) is 14.9. The van der Waals surface area contributed by atoms with Gasteiger partial charge in [-0.3, -0.25) is 14.0 Å². The second-order valence-corrected chi connectivity index (χ2v) is 7.54. The fraction of sp³-hybridized carbons (Fsp3) is 0.0909. The minimum Gasteiger partial charge on any atom is -0.456 e. The van der Waals surface area contributed by atoms with E-state index in [0.29, 0.717) is 16.3 Å². The summed E-state index contributed by atoms with van der Waals surface area (Å²) in [5.74, 6) is -1.66. The van der Waals surface area contributed by atoms with Crippen LogP contribution in [0.4, 0.5) is 10.1 Å². The lowest BCUT2D eigenvalue weighted by Gasteiger charge is -2.08. The zero-order valence-corrected chi connectivity index (χ0v) is 17.1. The number of nitrogens with one attached hydrogen (secondary N) is 1. The Labute approximate surface area is 179 Å². The number of rotatable bonds is 5. The van der Waals surface area contributed by atoms with Crippen LogP contribution in [-0.4, -0.2) is 21.3 Å². The number of benzene rings is 2. The van der Waals surface area contributed by atoms with Crippen molar-refractivity contribution in [1.82, 2.24) is 9.38 Å². The third-order valence-electron chi connectivity index (χ3n) is 4.42. The van der Waals surface area contributed by atoms with E-state index >= 15 is 0 Å². The first kappa shape index (κ1) is 20.4. The molecule has 156 valence electrons. The van der Waals surface area contributed by atoms with E-state index in [2.05, 4.69) is 10.3 Å². The fourth-order valence-corrected chi connectivity index (χ4v) is 3.85. The standard InChI is InChI=1S/C22H16FN3O4S/c1-13-12-31-22-25-18(10-19(27)26(13)22)11-30-21(29)15-5-3-7-17(9-15)24-20(28)14-4-2-6-16(23)8-14/h2-10,12H,11H2,1H3,(H,24,28). The fourth-order valence-electron chi connectivity index (χ4n) is 2.95. The number of halogens is 1. The molecular weight excluding hydrogens is 421 g/mol. The van der Waals surface area contributed by atoms with E-state index in [1.54, 1.807) is 12.1 Å². The predicted octanol–water partition coefficient (Wildman–Crippen LogP) is 3.81. The molecule has 0 bridgehead atoms. The Hall–Kier alpha value is -3.85. The number of nitrogens with zero attached hydrogens (tertiary/aromatic N) is 2. The minimum absolute atomic E-state index is 0.157. The van der Waals surface area contributed by atoms with Crippen molar-refractivity contribution in [3.8, 4) is 0 Å². The van der Waals surface area contributed by atoms with Gasteiger partial charge in [-0.15, -0.1) is 11.3 Å². The predicted molar refractivity (Wildman–Crippen MR) is 114 cm³/mol. The molecule has 1 amide bonds. The number of hydrogen-bond acceptors (Lipinski definition) is 6. The summed E-state index contributed by atoms with van der Waals surface area (Å²) in [5, 5.41) is 4.44. The van der Waals surface area contributed by atoms with Crippen LogP contribution in [0.5, 0.6) is 0 Å². The van der Waals surface area contributed by atoms with Crippen LogP contribution in [0.15, 0.2) is 64.8 Å². The highest BCUT2D eigenvalue weighted by atomic mass is 32.1. The van der Waals surface area contributed by atoms with E-state index in [4.69, 9.17) is 4.74 Å². The van der Waals surface area contributed by atoms with Gasteiger partial charge in [0.25, 0.3) is 11.5 Å². The summed E-state index contributed by atoms with van der Waals surface area (Å²) in [6, 6.07) is 12.8. The van der Waals surface area contributed by atoms with E-state index in [-0.39, 0.29) is 23.3 Å². The number of anilines is 1. The monoisotopic (exact) mass is 437 g/mol. The Morgan fingerprint density at radius 3 is 2.71 bits per heavy atom. The molecule has 2 aromatic heterocycles. The smallest absolute Gasteiger partial charge is 0.338 e. The number of esters is 1. The molecule has 0 spiro atoms. The third kappa shape index (κ3) is 4.51. The van der Waals surface area contributed by atoms with Crippen LogP contribution in [0.2, 0.25) is 0 Å². The molecule has 1 N–H and O–H groups in total. The first-order valence-corrected chi connectivity index (χ1v) is 10.1.